The van der Waals surface area contributed by atoms with Crippen LogP contribution in [0.3, 0.4) is 0 Å². The minimum atomic E-state index is -0.0334. The lowest BCUT2D eigenvalue weighted by Crippen LogP contribution is -2.48. The maximum absolute atomic E-state index is 12.1. The van der Waals surface area contributed by atoms with Crippen molar-refractivity contribution in [2.45, 2.75) is 38.9 Å². The van der Waals surface area contributed by atoms with E-state index in [4.69, 9.17) is 4.74 Å². The molecule has 2 heterocycles. The summed E-state index contributed by atoms with van der Waals surface area (Å²) in [5.74, 6) is 0.0439. The van der Waals surface area contributed by atoms with E-state index in [1.165, 1.54) is 0 Å². The molecular weight excluding hydrogens is 288 g/mol. The molecule has 1 aliphatic rings. The summed E-state index contributed by atoms with van der Waals surface area (Å²) in [4.78, 5) is 26.7. The summed E-state index contributed by atoms with van der Waals surface area (Å²) in [7, 11) is 0. The Morgan fingerprint density at radius 2 is 2.10 bits per heavy atom. The van der Waals surface area contributed by atoms with E-state index in [0.29, 0.717) is 32.5 Å². The van der Waals surface area contributed by atoms with Crippen molar-refractivity contribution in [3.05, 3.63) is 22.4 Å². The third-order valence-corrected chi connectivity index (χ3v) is 4.22. The highest BCUT2D eigenvalue weighted by atomic mass is 32.1. The van der Waals surface area contributed by atoms with Crippen LogP contribution in [0.4, 0.5) is 0 Å². The van der Waals surface area contributed by atoms with Crippen molar-refractivity contribution in [2.75, 3.05) is 19.6 Å². The minimum absolute atomic E-state index is 0.0334. The monoisotopic (exact) mass is 310 g/mol. The number of morpholine rings is 1. The molecule has 1 fully saturated rings. The van der Waals surface area contributed by atoms with Gasteiger partial charge in [0.25, 0.3) is 0 Å². The number of carbonyl (C=O) groups is 2. The van der Waals surface area contributed by atoms with Crippen molar-refractivity contribution in [3.8, 4) is 0 Å². The van der Waals surface area contributed by atoms with Gasteiger partial charge in [-0.25, -0.2) is 0 Å². The average molecular weight is 310 g/mol. The van der Waals surface area contributed by atoms with E-state index in [0.717, 1.165) is 4.88 Å². The number of rotatable bonds is 5. The first-order chi connectivity index (χ1) is 10.0. The van der Waals surface area contributed by atoms with E-state index in [1.807, 2.05) is 36.3 Å². The molecule has 1 aliphatic heterocycles. The molecule has 1 aromatic rings. The Hall–Kier alpha value is -1.40. The summed E-state index contributed by atoms with van der Waals surface area (Å²) in [5.41, 5.74) is 0. The molecule has 0 radical (unpaired) electrons. The zero-order chi connectivity index (χ0) is 15.2. The fraction of sp³-hybridized carbons (Fsp3) is 0.600. The van der Waals surface area contributed by atoms with Crippen molar-refractivity contribution in [1.29, 1.82) is 0 Å². The largest absolute Gasteiger partial charge is 0.372 e. The third kappa shape index (κ3) is 5.13. The number of carbonyl (C=O) groups excluding carboxylic acids is 2. The molecule has 0 saturated carbocycles. The van der Waals surface area contributed by atoms with Crippen LogP contribution in [0.25, 0.3) is 0 Å². The highest BCUT2D eigenvalue weighted by Crippen LogP contribution is 2.11. The van der Waals surface area contributed by atoms with Crippen LogP contribution in [0.2, 0.25) is 0 Å². The van der Waals surface area contributed by atoms with Crippen molar-refractivity contribution >= 4 is 23.2 Å². The summed E-state index contributed by atoms with van der Waals surface area (Å²) >= 11 is 1.56. The van der Waals surface area contributed by atoms with E-state index in [1.54, 1.807) is 11.3 Å². The van der Waals surface area contributed by atoms with Crippen LogP contribution in [0.15, 0.2) is 17.5 Å². The zero-order valence-corrected chi connectivity index (χ0v) is 13.3. The van der Waals surface area contributed by atoms with Crippen molar-refractivity contribution in [2.24, 2.45) is 0 Å². The molecule has 6 heteroatoms. The number of thiophene rings is 1. The Kier molecular flexibility index (Phi) is 5.76. The minimum Gasteiger partial charge on any atom is -0.372 e. The molecule has 21 heavy (non-hydrogen) atoms. The van der Waals surface area contributed by atoms with E-state index in [2.05, 4.69) is 5.32 Å². The lowest BCUT2D eigenvalue weighted by Gasteiger charge is -2.35. The first kappa shape index (κ1) is 16.0. The van der Waals surface area contributed by atoms with Crippen molar-refractivity contribution in [1.82, 2.24) is 10.2 Å². The second-order valence-corrected chi connectivity index (χ2v) is 6.44. The maximum Gasteiger partial charge on any atom is 0.225 e. The Labute approximate surface area is 129 Å². The first-order valence-electron chi connectivity index (χ1n) is 7.27. The second-order valence-electron chi connectivity index (χ2n) is 5.41. The van der Waals surface area contributed by atoms with Crippen LogP contribution in [0.1, 0.15) is 25.1 Å². The fourth-order valence-corrected chi connectivity index (χ4v) is 3.19. The molecule has 1 aromatic heterocycles. The zero-order valence-electron chi connectivity index (χ0n) is 12.5. The highest BCUT2D eigenvalue weighted by molar-refractivity contribution is 7.10. The van der Waals surface area contributed by atoms with Gasteiger partial charge in [-0.1, -0.05) is 6.07 Å². The molecule has 0 aromatic carbocycles. The van der Waals surface area contributed by atoms with Crippen LogP contribution in [-0.2, 0) is 20.7 Å². The summed E-state index contributed by atoms with van der Waals surface area (Å²) in [6, 6.07) is 3.86. The smallest absolute Gasteiger partial charge is 0.225 e. The Morgan fingerprint density at radius 1 is 1.38 bits per heavy atom. The third-order valence-electron chi connectivity index (χ3n) is 3.35. The van der Waals surface area contributed by atoms with Gasteiger partial charge < -0.3 is 15.0 Å². The molecule has 0 aliphatic carbocycles. The predicted octanol–water partition coefficient (Wildman–Crippen LogP) is 1.43. The maximum atomic E-state index is 12.1. The van der Waals surface area contributed by atoms with Gasteiger partial charge in [-0.15, -0.1) is 11.3 Å². The molecular formula is C15H22N2O3S. The Balaban J connectivity index is 1.68. The van der Waals surface area contributed by atoms with Gasteiger partial charge in [0.15, 0.2) is 0 Å². The van der Waals surface area contributed by atoms with Gasteiger partial charge in [-0.3, -0.25) is 9.59 Å². The molecule has 116 valence electrons. The van der Waals surface area contributed by atoms with Gasteiger partial charge in [0.1, 0.15) is 0 Å². The SMILES string of the molecule is C[C@@H]1CN(C(=O)CCNC(=O)Cc2cccs2)C[C@@H](C)O1. The van der Waals surface area contributed by atoms with Crippen molar-refractivity contribution in [3.63, 3.8) is 0 Å². The molecule has 0 unspecified atom stereocenters. The summed E-state index contributed by atoms with van der Waals surface area (Å²) < 4.78 is 5.61. The van der Waals surface area contributed by atoms with Crippen molar-refractivity contribution < 1.29 is 14.3 Å². The van der Waals surface area contributed by atoms with E-state index < -0.39 is 0 Å². The molecule has 2 rings (SSSR count). The lowest BCUT2D eigenvalue weighted by atomic mass is 10.2. The Morgan fingerprint density at radius 3 is 2.71 bits per heavy atom. The normalized spacial score (nSPS) is 22.1. The lowest BCUT2D eigenvalue weighted by molar-refractivity contribution is -0.143. The topological polar surface area (TPSA) is 58.6 Å². The summed E-state index contributed by atoms with van der Waals surface area (Å²) in [5, 5.41) is 4.75. The van der Waals surface area contributed by atoms with E-state index >= 15 is 0 Å². The number of ether oxygens (including phenoxy) is 1. The molecule has 5 nitrogen and oxygen atoms in total. The molecule has 0 bridgehead atoms. The number of hydrogen-bond donors (Lipinski definition) is 1. The van der Waals surface area contributed by atoms with E-state index in [-0.39, 0.29) is 24.0 Å². The highest BCUT2D eigenvalue weighted by Gasteiger charge is 2.25. The second kappa shape index (κ2) is 7.56. The Bertz CT molecular complexity index is 465. The first-order valence-corrected chi connectivity index (χ1v) is 8.15. The standard InChI is InChI=1S/C15H22N2O3S/c1-11-9-17(10-12(2)20-11)15(19)5-6-16-14(18)8-13-4-3-7-21-13/h3-4,7,11-12H,5-6,8-10H2,1-2H3,(H,16,18)/t11-,12-/m1/s1. The van der Waals surface area contributed by atoms with Crippen LogP contribution < -0.4 is 5.32 Å². The van der Waals surface area contributed by atoms with Gasteiger partial charge in [0.05, 0.1) is 18.6 Å². The molecule has 2 atom stereocenters. The number of nitrogens with zero attached hydrogens (tertiary/aromatic N) is 1. The number of hydrogen-bond acceptors (Lipinski definition) is 4. The van der Waals surface area contributed by atoms with Gasteiger partial charge >= 0.3 is 0 Å². The quantitative estimate of drug-likeness (QED) is 0.895. The van der Waals surface area contributed by atoms with Crippen LogP contribution in [0, 0.1) is 0 Å². The molecule has 2 amide bonds. The molecule has 1 saturated heterocycles. The molecule has 0 spiro atoms. The average Bonchev–Trinajstić information content (AvgIpc) is 2.90. The van der Waals surface area contributed by atoms with Gasteiger partial charge in [-0.05, 0) is 25.3 Å². The molecule has 1 N–H and O–H groups in total. The number of amides is 2. The van der Waals surface area contributed by atoms with E-state index in [9.17, 15) is 9.59 Å². The van der Waals surface area contributed by atoms with Gasteiger partial charge in [-0.2, -0.15) is 0 Å². The van der Waals surface area contributed by atoms with Crippen LogP contribution in [-0.4, -0.2) is 48.6 Å². The van der Waals surface area contributed by atoms with Crippen LogP contribution >= 0.6 is 11.3 Å². The fourth-order valence-electron chi connectivity index (χ4n) is 2.48. The summed E-state index contributed by atoms with van der Waals surface area (Å²) in [6.45, 7) is 5.60. The van der Waals surface area contributed by atoms with Crippen LogP contribution in [0.5, 0.6) is 0 Å². The summed E-state index contributed by atoms with van der Waals surface area (Å²) in [6.07, 6.45) is 0.879. The van der Waals surface area contributed by atoms with Gasteiger partial charge in [0.2, 0.25) is 11.8 Å². The van der Waals surface area contributed by atoms with Gasteiger partial charge in [0, 0.05) is 30.9 Å². The number of nitrogens with one attached hydrogen (secondary N) is 1. The predicted molar refractivity (Wildman–Crippen MR) is 82.2 cm³/mol.